The van der Waals surface area contributed by atoms with Crippen molar-refractivity contribution in [2.75, 3.05) is 25.0 Å². The van der Waals surface area contributed by atoms with E-state index in [1.807, 2.05) is 36.3 Å². The van der Waals surface area contributed by atoms with Crippen LogP contribution in [-0.2, 0) is 10.2 Å². The predicted molar refractivity (Wildman–Crippen MR) is 99.6 cm³/mol. The van der Waals surface area contributed by atoms with E-state index in [1.165, 1.54) is 5.69 Å². The SMILES string of the molecule is CN(C(=O)C1(c2cccnc2)CC1)[C@@H]1CCCN(c2ccccc2)C1. The van der Waals surface area contributed by atoms with Crippen LogP contribution in [-0.4, -0.2) is 42.0 Å². The van der Waals surface area contributed by atoms with E-state index in [0.717, 1.165) is 44.3 Å². The third-order valence-electron chi connectivity index (χ3n) is 5.76. The average Bonchev–Trinajstić information content (AvgIpc) is 3.50. The molecule has 25 heavy (non-hydrogen) atoms. The number of hydrogen-bond donors (Lipinski definition) is 0. The summed E-state index contributed by atoms with van der Waals surface area (Å²) in [4.78, 5) is 21.9. The monoisotopic (exact) mass is 335 g/mol. The molecule has 1 aromatic carbocycles. The fraction of sp³-hybridized carbons (Fsp3) is 0.429. The number of anilines is 1. The molecule has 2 fully saturated rings. The van der Waals surface area contributed by atoms with Crippen LogP contribution >= 0.6 is 0 Å². The molecule has 1 atom stereocenters. The van der Waals surface area contributed by atoms with Gasteiger partial charge in [-0.05, 0) is 49.4 Å². The minimum absolute atomic E-state index is 0.264. The van der Waals surface area contributed by atoms with Crippen LogP contribution in [0, 0.1) is 0 Å². The Balaban J connectivity index is 1.49. The summed E-state index contributed by atoms with van der Waals surface area (Å²) in [6, 6.07) is 14.8. The highest BCUT2D eigenvalue weighted by atomic mass is 16.2. The first kappa shape index (κ1) is 16.1. The largest absolute Gasteiger partial charge is 0.369 e. The van der Waals surface area contributed by atoms with E-state index in [-0.39, 0.29) is 17.4 Å². The summed E-state index contributed by atoms with van der Waals surface area (Å²) in [7, 11) is 1.98. The van der Waals surface area contributed by atoms with Gasteiger partial charge in [0.15, 0.2) is 0 Å². The highest BCUT2D eigenvalue weighted by molar-refractivity contribution is 5.91. The summed E-state index contributed by atoms with van der Waals surface area (Å²) >= 11 is 0. The van der Waals surface area contributed by atoms with E-state index < -0.39 is 0 Å². The smallest absolute Gasteiger partial charge is 0.233 e. The fourth-order valence-electron chi connectivity index (χ4n) is 4.04. The molecule has 2 aromatic rings. The predicted octanol–water partition coefficient (Wildman–Crippen LogP) is 3.24. The minimum atomic E-state index is -0.321. The van der Waals surface area contributed by atoms with E-state index in [1.54, 1.807) is 6.20 Å². The van der Waals surface area contributed by atoms with Crippen molar-refractivity contribution in [3.63, 3.8) is 0 Å². The van der Waals surface area contributed by atoms with Crippen LogP contribution in [0.2, 0.25) is 0 Å². The zero-order chi connectivity index (χ0) is 17.3. The summed E-state index contributed by atoms with van der Waals surface area (Å²) in [6.07, 6.45) is 7.71. The summed E-state index contributed by atoms with van der Waals surface area (Å²) in [6.45, 7) is 1.98. The Bertz CT molecular complexity index is 727. The normalized spacial score (nSPS) is 21.6. The number of amides is 1. The lowest BCUT2D eigenvalue weighted by atomic mass is 9.94. The Morgan fingerprint density at radius 2 is 2.00 bits per heavy atom. The second kappa shape index (κ2) is 6.51. The maximum atomic E-state index is 13.2. The van der Waals surface area contributed by atoms with E-state index in [2.05, 4.69) is 34.1 Å². The molecule has 0 unspecified atom stereocenters. The van der Waals surface area contributed by atoms with Gasteiger partial charge < -0.3 is 9.80 Å². The zero-order valence-electron chi connectivity index (χ0n) is 14.8. The van der Waals surface area contributed by atoms with Crippen molar-refractivity contribution < 1.29 is 4.79 Å². The Hall–Kier alpha value is -2.36. The van der Waals surface area contributed by atoms with E-state index >= 15 is 0 Å². The summed E-state index contributed by atoms with van der Waals surface area (Å²) < 4.78 is 0. The lowest BCUT2D eigenvalue weighted by molar-refractivity contribution is -0.134. The summed E-state index contributed by atoms with van der Waals surface area (Å²) in [5.74, 6) is 0.264. The molecule has 0 spiro atoms. The van der Waals surface area contributed by atoms with Gasteiger partial charge in [0.2, 0.25) is 5.91 Å². The molecule has 1 amide bonds. The van der Waals surface area contributed by atoms with Gasteiger partial charge in [0.05, 0.1) is 5.41 Å². The van der Waals surface area contributed by atoms with E-state index in [9.17, 15) is 4.79 Å². The van der Waals surface area contributed by atoms with Crippen molar-refractivity contribution in [2.45, 2.75) is 37.1 Å². The fourth-order valence-corrected chi connectivity index (χ4v) is 4.04. The van der Waals surface area contributed by atoms with Gasteiger partial charge in [0, 0.05) is 44.3 Å². The first-order valence-electron chi connectivity index (χ1n) is 9.18. The van der Waals surface area contributed by atoms with Crippen molar-refractivity contribution >= 4 is 11.6 Å². The third kappa shape index (κ3) is 3.01. The summed E-state index contributed by atoms with van der Waals surface area (Å²) in [5.41, 5.74) is 2.00. The van der Waals surface area contributed by atoms with Crippen molar-refractivity contribution in [1.82, 2.24) is 9.88 Å². The molecular formula is C21H25N3O. The number of para-hydroxylation sites is 1. The number of carbonyl (C=O) groups excluding carboxylic acids is 1. The van der Waals surface area contributed by atoms with Crippen LogP contribution in [0.4, 0.5) is 5.69 Å². The van der Waals surface area contributed by atoms with Gasteiger partial charge in [-0.3, -0.25) is 9.78 Å². The van der Waals surface area contributed by atoms with Gasteiger partial charge in [0.1, 0.15) is 0 Å². The molecule has 0 bridgehead atoms. The molecular weight excluding hydrogens is 310 g/mol. The number of carbonyl (C=O) groups is 1. The van der Waals surface area contributed by atoms with Crippen LogP contribution in [0.3, 0.4) is 0 Å². The lowest BCUT2D eigenvalue weighted by Gasteiger charge is -2.40. The van der Waals surface area contributed by atoms with Crippen LogP contribution in [0.25, 0.3) is 0 Å². The number of hydrogen-bond acceptors (Lipinski definition) is 3. The van der Waals surface area contributed by atoms with Crippen molar-refractivity contribution in [1.29, 1.82) is 0 Å². The molecule has 2 aliphatic rings. The number of rotatable bonds is 4. The number of pyridine rings is 1. The molecule has 130 valence electrons. The van der Waals surface area contributed by atoms with Gasteiger partial charge in [0.25, 0.3) is 0 Å². The molecule has 4 nitrogen and oxygen atoms in total. The summed E-state index contributed by atoms with van der Waals surface area (Å²) in [5, 5.41) is 0. The maximum Gasteiger partial charge on any atom is 0.233 e. The highest BCUT2D eigenvalue weighted by Crippen LogP contribution is 2.49. The number of likely N-dealkylation sites (N-methyl/N-ethyl adjacent to an activating group) is 1. The van der Waals surface area contributed by atoms with Crippen LogP contribution in [0.5, 0.6) is 0 Å². The zero-order valence-corrected chi connectivity index (χ0v) is 14.8. The highest BCUT2D eigenvalue weighted by Gasteiger charge is 2.53. The second-order valence-corrected chi connectivity index (χ2v) is 7.32. The second-order valence-electron chi connectivity index (χ2n) is 7.32. The number of piperidine rings is 1. The molecule has 4 heteroatoms. The Labute approximate surface area is 149 Å². The van der Waals surface area contributed by atoms with Crippen LogP contribution in [0.1, 0.15) is 31.2 Å². The molecule has 0 N–H and O–H groups in total. The molecule has 1 aromatic heterocycles. The standard InChI is InChI=1S/C21H25N3O/c1-23(20(25)21(11-12-21)17-7-5-13-22-15-17)19-10-6-14-24(16-19)18-8-3-2-4-9-18/h2-5,7-9,13,15,19H,6,10-12,14,16H2,1H3/t19-/m1/s1. The minimum Gasteiger partial charge on any atom is -0.369 e. The van der Waals surface area contributed by atoms with Crippen molar-refractivity contribution in [3.8, 4) is 0 Å². The van der Waals surface area contributed by atoms with Crippen LogP contribution in [0.15, 0.2) is 54.9 Å². The van der Waals surface area contributed by atoms with Gasteiger partial charge in [-0.15, -0.1) is 0 Å². The number of benzene rings is 1. The quantitative estimate of drug-likeness (QED) is 0.861. The van der Waals surface area contributed by atoms with E-state index in [4.69, 9.17) is 0 Å². The van der Waals surface area contributed by atoms with Crippen LogP contribution < -0.4 is 4.90 Å². The number of aromatic nitrogens is 1. The molecule has 1 saturated heterocycles. The van der Waals surface area contributed by atoms with Crippen molar-refractivity contribution in [2.24, 2.45) is 0 Å². The molecule has 1 aliphatic carbocycles. The maximum absolute atomic E-state index is 13.2. The van der Waals surface area contributed by atoms with Gasteiger partial charge in [-0.1, -0.05) is 24.3 Å². The molecule has 0 radical (unpaired) electrons. The van der Waals surface area contributed by atoms with Gasteiger partial charge in [-0.25, -0.2) is 0 Å². The topological polar surface area (TPSA) is 36.4 Å². The molecule has 1 saturated carbocycles. The molecule has 1 aliphatic heterocycles. The molecule has 2 heterocycles. The van der Waals surface area contributed by atoms with Gasteiger partial charge >= 0.3 is 0 Å². The third-order valence-corrected chi connectivity index (χ3v) is 5.76. The lowest BCUT2D eigenvalue weighted by Crippen LogP contribution is -2.51. The first-order valence-corrected chi connectivity index (χ1v) is 9.18. The Morgan fingerprint density at radius 3 is 2.68 bits per heavy atom. The molecule has 4 rings (SSSR count). The number of nitrogens with zero attached hydrogens (tertiary/aromatic N) is 3. The Kier molecular flexibility index (Phi) is 4.20. The van der Waals surface area contributed by atoms with Gasteiger partial charge in [-0.2, -0.15) is 0 Å². The Morgan fingerprint density at radius 1 is 1.20 bits per heavy atom. The van der Waals surface area contributed by atoms with E-state index in [0.29, 0.717) is 0 Å². The average molecular weight is 335 g/mol. The van der Waals surface area contributed by atoms with Crippen molar-refractivity contribution in [3.05, 3.63) is 60.4 Å². The first-order chi connectivity index (χ1) is 12.2.